The number of aliphatic imine (C=N–C) groups is 1. The lowest BCUT2D eigenvalue weighted by Crippen LogP contribution is -2.31. The molecule has 7 heteroatoms. The first-order valence-electron chi connectivity index (χ1n) is 7.69. The minimum atomic E-state index is 0. The Bertz CT molecular complexity index is 500. The third kappa shape index (κ3) is 7.07. The third-order valence-electron chi connectivity index (χ3n) is 3.30. The van der Waals surface area contributed by atoms with Crippen molar-refractivity contribution in [2.75, 3.05) is 44.1 Å². The Kier molecular flexibility index (Phi) is 10.3. The van der Waals surface area contributed by atoms with Gasteiger partial charge in [0.15, 0.2) is 17.5 Å². The number of benzene rings is 1. The Balaban J connectivity index is 0.00000264. The van der Waals surface area contributed by atoms with Gasteiger partial charge in [0.2, 0.25) is 0 Å². The highest BCUT2D eigenvalue weighted by molar-refractivity contribution is 14.0. The molecule has 0 saturated heterocycles. The van der Waals surface area contributed by atoms with Crippen molar-refractivity contribution in [1.82, 2.24) is 5.32 Å². The van der Waals surface area contributed by atoms with Crippen molar-refractivity contribution in [3.05, 3.63) is 18.2 Å². The summed E-state index contributed by atoms with van der Waals surface area (Å²) in [6, 6.07) is 5.88. The summed E-state index contributed by atoms with van der Waals surface area (Å²) in [4.78, 5) is 4.25. The smallest absolute Gasteiger partial charge is 0.195 e. The lowest BCUT2D eigenvalue weighted by atomic mass is 10.2. The summed E-state index contributed by atoms with van der Waals surface area (Å²) >= 11 is 1.88. The molecule has 0 fully saturated rings. The van der Waals surface area contributed by atoms with Crippen LogP contribution in [0.1, 0.15) is 19.3 Å². The van der Waals surface area contributed by atoms with Crippen LogP contribution in [0.4, 0.5) is 5.69 Å². The predicted octanol–water partition coefficient (Wildman–Crippen LogP) is 3.60. The number of ether oxygens (including phenoxy) is 2. The molecule has 0 bridgehead atoms. The number of halogens is 1. The van der Waals surface area contributed by atoms with Gasteiger partial charge in [0.05, 0.1) is 13.2 Å². The molecule has 0 amide bonds. The minimum Gasteiger partial charge on any atom is -0.490 e. The molecule has 1 aliphatic rings. The number of rotatable bonds is 6. The fraction of sp³-hybridized carbons (Fsp3) is 0.562. The van der Waals surface area contributed by atoms with E-state index in [1.807, 2.05) is 30.0 Å². The van der Waals surface area contributed by atoms with Gasteiger partial charge in [-0.15, -0.1) is 24.0 Å². The minimum absolute atomic E-state index is 0. The molecule has 0 aliphatic carbocycles. The molecule has 0 aromatic heterocycles. The first-order chi connectivity index (χ1) is 10.8. The highest BCUT2D eigenvalue weighted by atomic mass is 127. The Morgan fingerprint density at radius 3 is 2.74 bits per heavy atom. The Morgan fingerprint density at radius 1 is 1.22 bits per heavy atom. The van der Waals surface area contributed by atoms with E-state index >= 15 is 0 Å². The second-order valence-electron chi connectivity index (χ2n) is 5.04. The summed E-state index contributed by atoms with van der Waals surface area (Å²) in [6.45, 7) is 2.32. The summed E-state index contributed by atoms with van der Waals surface area (Å²) in [5, 5.41) is 6.62. The molecule has 1 aliphatic heterocycles. The van der Waals surface area contributed by atoms with E-state index in [4.69, 9.17) is 9.47 Å². The number of unbranched alkanes of at least 4 members (excludes halogenated alkanes) is 1. The van der Waals surface area contributed by atoms with Gasteiger partial charge >= 0.3 is 0 Å². The van der Waals surface area contributed by atoms with Crippen LogP contribution >= 0.6 is 35.7 Å². The van der Waals surface area contributed by atoms with E-state index in [0.29, 0.717) is 13.2 Å². The first kappa shape index (κ1) is 20.2. The maximum atomic E-state index is 5.70. The number of nitrogens with zero attached hydrogens (tertiary/aromatic N) is 1. The normalized spacial score (nSPS) is 13.7. The summed E-state index contributed by atoms with van der Waals surface area (Å²) in [5.74, 6) is 3.58. The van der Waals surface area contributed by atoms with E-state index in [1.165, 1.54) is 12.2 Å². The number of hydrogen-bond acceptors (Lipinski definition) is 4. The van der Waals surface area contributed by atoms with Gasteiger partial charge in [0.25, 0.3) is 0 Å². The van der Waals surface area contributed by atoms with E-state index in [1.54, 1.807) is 7.05 Å². The van der Waals surface area contributed by atoms with Crippen molar-refractivity contribution in [2.24, 2.45) is 4.99 Å². The summed E-state index contributed by atoms with van der Waals surface area (Å²) in [6.07, 6.45) is 5.41. The summed E-state index contributed by atoms with van der Waals surface area (Å²) in [7, 11) is 1.78. The molecule has 1 aromatic rings. The van der Waals surface area contributed by atoms with Crippen LogP contribution in [0.3, 0.4) is 0 Å². The molecule has 5 nitrogen and oxygen atoms in total. The maximum Gasteiger partial charge on any atom is 0.195 e. The van der Waals surface area contributed by atoms with Crippen molar-refractivity contribution in [3.63, 3.8) is 0 Å². The van der Waals surface area contributed by atoms with Crippen LogP contribution in [0, 0.1) is 0 Å². The number of guanidine groups is 1. The van der Waals surface area contributed by atoms with Crippen molar-refractivity contribution >= 4 is 47.4 Å². The van der Waals surface area contributed by atoms with Gasteiger partial charge in [-0.2, -0.15) is 11.8 Å². The van der Waals surface area contributed by atoms with Crippen molar-refractivity contribution in [2.45, 2.75) is 19.3 Å². The highest BCUT2D eigenvalue weighted by Crippen LogP contribution is 2.32. The monoisotopic (exact) mass is 451 g/mol. The number of hydrogen-bond donors (Lipinski definition) is 2. The largest absolute Gasteiger partial charge is 0.490 e. The molecule has 23 heavy (non-hydrogen) atoms. The van der Waals surface area contributed by atoms with Gasteiger partial charge in [-0.3, -0.25) is 4.99 Å². The van der Waals surface area contributed by atoms with Crippen LogP contribution in [0.5, 0.6) is 11.5 Å². The molecule has 2 N–H and O–H groups in total. The van der Waals surface area contributed by atoms with E-state index in [0.717, 1.165) is 42.5 Å². The second-order valence-corrected chi connectivity index (χ2v) is 6.02. The summed E-state index contributed by atoms with van der Waals surface area (Å²) in [5.41, 5.74) is 0.946. The molecule has 130 valence electrons. The topological polar surface area (TPSA) is 54.9 Å². The van der Waals surface area contributed by atoms with Crippen LogP contribution in [-0.4, -0.2) is 44.8 Å². The Labute approximate surface area is 160 Å². The third-order valence-corrected chi connectivity index (χ3v) is 4.00. The van der Waals surface area contributed by atoms with Gasteiger partial charge in [-0.25, -0.2) is 0 Å². The number of nitrogens with one attached hydrogen (secondary N) is 2. The molecule has 0 spiro atoms. The van der Waals surface area contributed by atoms with Crippen molar-refractivity contribution in [1.29, 1.82) is 0 Å². The van der Waals surface area contributed by atoms with E-state index in [9.17, 15) is 0 Å². The molecule has 0 saturated carbocycles. The fourth-order valence-corrected chi connectivity index (χ4v) is 2.63. The van der Waals surface area contributed by atoms with Crippen LogP contribution in [0.15, 0.2) is 23.2 Å². The predicted molar refractivity (Wildman–Crippen MR) is 110 cm³/mol. The number of fused-ring (bicyclic) bond motifs is 1. The zero-order valence-electron chi connectivity index (χ0n) is 13.8. The zero-order chi connectivity index (χ0) is 15.6. The second kappa shape index (κ2) is 11.7. The average Bonchev–Trinajstić information content (AvgIpc) is 2.78. The van der Waals surface area contributed by atoms with Gasteiger partial charge in [0, 0.05) is 31.8 Å². The molecule has 2 rings (SSSR count). The number of anilines is 1. The first-order valence-corrected chi connectivity index (χ1v) is 9.09. The Morgan fingerprint density at radius 2 is 2.00 bits per heavy atom. The molecule has 0 radical (unpaired) electrons. The van der Waals surface area contributed by atoms with Crippen molar-refractivity contribution < 1.29 is 9.47 Å². The summed E-state index contributed by atoms with van der Waals surface area (Å²) < 4.78 is 11.3. The standard InChI is InChI=1S/C16H25N3O2S.HI/c1-17-16(18-8-3-4-11-22-2)19-13-6-7-14-15(12-13)21-10-5-9-20-14;/h6-7,12H,3-5,8-11H2,1-2H3,(H2,17,18,19);1H. The molecule has 1 aromatic carbocycles. The maximum absolute atomic E-state index is 5.70. The molecule has 0 atom stereocenters. The zero-order valence-corrected chi connectivity index (χ0v) is 16.9. The van der Waals surface area contributed by atoms with Crippen LogP contribution in [0.2, 0.25) is 0 Å². The molecule has 1 heterocycles. The van der Waals surface area contributed by atoms with E-state index < -0.39 is 0 Å². The lowest BCUT2D eigenvalue weighted by Gasteiger charge is -2.14. The van der Waals surface area contributed by atoms with Gasteiger partial charge < -0.3 is 20.1 Å². The van der Waals surface area contributed by atoms with Crippen LogP contribution < -0.4 is 20.1 Å². The van der Waals surface area contributed by atoms with Gasteiger partial charge in [-0.1, -0.05) is 0 Å². The van der Waals surface area contributed by atoms with Crippen molar-refractivity contribution in [3.8, 4) is 11.5 Å². The molecular weight excluding hydrogens is 425 g/mol. The van der Waals surface area contributed by atoms with Crippen LogP contribution in [0.25, 0.3) is 0 Å². The quantitative estimate of drug-likeness (QED) is 0.300. The van der Waals surface area contributed by atoms with Crippen LogP contribution in [-0.2, 0) is 0 Å². The Hall–Kier alpha value is -0.830. The van der Waals surface area contributed by atoms with E-state index in [2.05, 4.69) is 21.9 Å². The van der Waals surface area contributed by atoms with Gasteiger partial charge in [-0.05, 0) is 37.0 Å². The van der Waals surface area contributed by atoms with E-state index in [-0.39, 0.29) is 24.0 Å². The van der Waals surface area contributed by atoms with Gasteiger partial charge in [0.1, 0.15) is 0 Å². The lowest BCUT2D eigenvalue weighted by molar-refractivity contribution is 0.297. The molecular formula is C16H26IN3O2S. The number of thioether (sulfide) groups is 1. The fourth-order valence-electron chi connectivity index (χ4n) is 2.14. The SMILES string of the molecule is CN=C(NCCCCSC)Nc1ccc2c(c1)OCCCO2.I. The average molecular weight is 451 g/mol. The highest BCUT2D eigenvalue weighted by Gasteiger charge is 2.11. The molecule has 0 unspecified atom stereocenters.